The maximum atomic E-state index is 11.6. The Morgan fingerprint density at radius 2 is 1.64 bits per heavy atom. The van der Waals surface area contributed by atoms with Crippen LogP contribution in [-0.2, 0) is 5.60 Å². The van der Waals surface area contributed by atoms with E-state index in [1.165, 1.54) is 0 Å². The van der Waals surface area contributed by atoms with Gasteiger partial charge in [-0.2, -0.15) is 0 Å². The van der Waals surface area contributed by atoms with Crippen LogP contribution in [-0.4, -0.2) is 18.8 Å². The third-order valence-corrected chi connectivity index (χ3v) is 3.94. The molecule has 0 aliphatic carbocycles. The van der Waals surface area contributed by atoms with E-state index in [0.29, 0.717) is 23.7 Å². The third kappa shape index (κ3) is 2.81. The first kappa shape index (κ1) is 16.4. The molecule has 118 valence electrons. The third-order valence-electron chi connectivity index (χ3n) is 3.94. The monoisotopic (exact) mass is 300 g/mol. The number of hydrogen-bond acceptors (Lipinski definition) is 3. The maximum Gasteiger partial charge on any atom is 0.129 e. The van der Waals surface area contributed by atoms with Crippen LogP contribution in [0, 0.1) is 5.92 Å². The first-order valence-corrected chi connectivity index (χ1v) is 7.63. The molecule has 0 fully saturated rings. The molecule has 0 heterocycles. The fourth-order valence-corrected chi connectivity index (χ4v) is 2.79. The highest BCUT2D eigenvalue weighted by Crippen LogP contribution is 2.45. The van der Waals surface area contributed by atoms with Gasteiger partial charge in [0.25, 0.3) is 0 Å². The molecule has 0 saturated carbocycles. The molecule has 0 aliphatic rings. The van der Waals surface area contributed by atoms with E-state index in [0.717, 1.165) is 5.56 Å². The molecule has 0 saturated heterocycles. The minimum absolute atomic E-state index is 0.0505. The van der Waals surface area contributed by atoms with Crippen LogP contribution < -0.4 is 9.47 Å². The Hall–Kier alpha value is -2.00. The van der Waals surface area contributed by atoms with Crippen molar-refractivity contribution in [3.8, 4) is 11.5 Å². The molecule has 0 aromatic heterocycles. The SMILES string of the molecule is CCOc1cccc(OC)c1[C@](O)(c1ccccc1)C(C)C. The van der Waals surface area contributed by atoms with Gasteiger partial charge in [0, 0.05) is 0 Å². The lowest BCUT2D eigenvalue weighted by molar-refractivity contribution is 0.0266. The summed E-state index contributed by atoms with van der Waals surface area (Å²) in [6.45, 7) is 6.45. The molecule has 0 bridgehead atoms. The Labute approximate surface area is 132 Å². The minimum atomic E-state index is -1.18. The van der Waals surface area contributed by atoms with E-state index in [9.17, 15) is 5.11 Å². The smallest absolute Gasteiger partial charge is 0.129 e. The topological polar surface area (TPSA) is 38.7 Å². The van der Waals surface area contributed by atoms with E-state index in [2.05, 4.69) is 0 Å². The van der Waals surface area contributed by atoms with Crippen molar-refractivity contribution < 1.29 is 14.6 Å². The fraction of sp³-hybridized carbons (Fsp3) is 0.368. The van der Waals surface area contributed by atoms with Crippen LogP contribution in [0.2, 0.25) is 0 Å². The number of aliphatic hydroxyl groups is 1. The summed E-state index contributed by atoms with van der Waals surface area (Å²) in [5.41, 5.74) is 0.328. The molecule has 0 aliphatic heterocycles. The highest BCUT2D eigenvalue weighted by molar-refractivity contribution is 5.53. The van der Waals surface area contributed by atoms with E-state index >= 15 is 0 Å². The van der Waals surface area contributed by atoms with Gasteiger partial charge < -0.3 is 14.6 Å². The number of benzene rings is 2. The molecule has 0 spiro atoms. The molecule has 1 N–H and O–H groups in total. The van der Waals surface area contributed by atoms with Gasteiger partial charge in [0.05, 0.1) is 19.3 Å². The van der Waals surface area contributed by atoms with Crippen LogP contribution in [0.4, 0.5) is 0 Å². The Morgan fingerprint density at radius 3 is 2.18 bits per heavy atom. The molecule has 2 aromatic carbocycles. The molecule has 0 radical (unpaired) electrons. The zero-order valence-electron chi connectivity index (χ0n) is 13.7. The van der Waals surface area contributed by atoms with Gasteiger partial charge in [-0.15, -0.1) is 0 Å². The maximum absolute atomic E-state index is 11.6. The van der Waals surface area contributed by atoms with Gasteiger partial charge in [-0.1, -0.05) is 50.2 Å². The number of methoxy groups -OCH3 is 1. The summed E-state index contributed by atoms with van der Waals surface area (Å²) in [6.07, 6.45) is 0. The molecule has 3 nitrogen and oxygen atoms in total. The summed E-state index contributed by atoms with van der Waals surface area (Å²) in [5.74, 6) is 1.23. The Balaban J connectivity index is 2.73. The summed E-state index contributed by atoms with van der Waals surface area (Å²) in [6, 6.07) is 15.3. The predicted octanol–water partition coefficient (Wildman–Crippen LogP) is 3.99. The van der Waals surface area contributed by atoms with E-state index in [1.807, 2.05) is 69.3 Å². The lowest BCUT2D eigenvalue weighted by atomic mass is 9.77. The van der Waals surface area contributed by atoms with Gasteiger partial charge >= 0.3 is 0 Å². The summed E-state index contributed by atoms with van der Waals surface area (Å²) >= 11 is 0. The second-order valence-corrected chi connectivity index (χ2v) is 5.55. The van der Waals surface area contributed by atoms with Crippen molar-refractivity contribution in [1.82, 2.24) is 0 Å². The average molecular weight is 300 g/mol. The van der Waals surface area contributed by atoms with E-state index in [1.54, 1.807) is 7.11 Å². The van der Waals surface area contributed by atoms with Gasteiger partial charge in [0.2, 0.25) is 0 Å². The Bertz CT molecular complexity index is 607. The molecule has 3 heteroatoms. The van der Waals surface area contributed by atoms with Crippen molar-refractivity contribution in [2.75, 3.05) is 13.7 Å². The Kier molecular flexibility index (Phi) is 5.09. The second kappa shape index (κ2) is 6.84. The van der Waals surface area contributed by atoms with Gasteiger partial charge in [0.15, 0.2) is 0 Å². The normalized spacial score (nSPS) is 13.7. The molecule has 2 rings (SSSR count). The summed E-state index contributed by atoms with van der Waals surface area (Å²) in [7, 11) is 1.61. The zero-order valence-corrected chi connectivity index (χ0v) is 13.7. The van der Waals surface area contributed by atoms with Gasteiger partial charge in [-0.05, 0) is 30.5 Å². The van der Waals surface area contributed by atoms with Gasteiger partial charge in [-0.3, -0.25) is 0 Å². The van der Waals surface area contributed by atoms with Gasteiger partial charge in [0.1, 0.15) is 17.1 Å². The first-order chi connectivity index (χ1) is 10.6. The van der Waals surface area contributed by atoms with Crippen LogP contribution in [0.1, 0.15) is 31.9 Å². The number of hydrogen-bond donors (Lipinski definition) is 1. The van der Waals surface area contributed by atoms with Crippen molar-refractivity contribution in [1.29, 1.82) is 0 Å². The van der Waals surface area contributed by atoms with Crippen molar-refractivity contribution in [3.05, 3.63) is 59.7 Å². The minimum Gasteiger partial charge on any atom is -0.496 e. The van der Waals surface area contributed by atoms with Crippen molar-refractivity contribution in [3.63, 3.8) is 0 Å². The highest BCUT2D eigenvalue weighted by Gasteiger charge is 2.40. The lowest BCUT2D eigenvalue weighted by Gasteiger charge is -2.35. The number of ether oxygens (including phenoxy) is 2. The van der Waals surface area contributed by atoms with Crippen LogP contribution in [0.5, 0.6) is 11.5 Å². The first-order valence-electron chi connectivity index (χ1n) is 7.63. The lowest BCUT2D eigenvalue weighted by Crippen LogP contribution is -2.34. The summed E-state index contributed by atoms with van der Waals surface area (Å²) in [4.78, 5) is 0. The molecular formula is C19H24O3. The fourth-order valence-electron chi connectivity index (χ4n) is 2.79. The largest absolute Gasteiger partial charge is 0.496 e. The standard InChI is InChI=1S/C19H24O3/c1-5-22-17-13-9-12-16(21-4)18(17)19(20,14(2)3)15-10-7-6-8-11-15/h6-14,20H,5H2,1-4H3/t19-/m1/s1. The quantitative estimate of drug-likeness (QED) is 0.877. The van der Waals surface area contributed by atoms with E-state index in [-0.39, 0.29) is 5.92 Å². The second-order valence-electron chi connectivity index (χ2n) is 5.55. The highest BCUT2D eigenvalue weighted by atomic mass is 16.5. The van der Waals surface area contributed by atoms with Crippen LogP contribution in [0.15, 0.2) is 48.5 Å². The number of rotatable bonds is 6. The predicted molar refractivity (Wildman–Crippen MR) is 88.4 cm³/mol. The summed E-state index contributed by atoms with van der Waals surface area (Å²) < 4.78 is 11.3. The zero-order chi connectivity index (χ0) is 16.2. The van der Waals surface area contributed by atoms with Crippen LogP contribution >= 0.6 is 0 Å². The molecule has 0 unspecified atom stereocenters. The molecule has 1 atom stereocenters. The summed E-state index contributed by atoms with van der Waals surface area (Å²) in [5, 5.41) is 11.6. The molecular weight excluding hydrogens is 276 g/mol. The van der Waals surface area contributed by atoms with Crippen molar-refractivity contribution in [2.24, 2.45) is 5.92 Å². The van der Waals surface area contributed by atoms with Crippen molar-refractivity contribution in [2.45, 2.75) is 26.4 Å². The van der Waals surface area contributed by atoms with E-state index < -0.39 is 5.60 Å². The average Bonchev–Trinajstić information content (AvgIpc) is 2.54. The van der Waals surface area contributed by atoms with Crippen LogP contribution in [0.25, 0.3) is 0 Å². The molecule has 2 aromatic rings. The molecule has 0 amide bonds. The van der Waals surface area contributed by atoms with Crippen molar-refractivity contribution >= 4 is 0 Å². The van der Waals surface area contributed by atoms with Crippen LogP contribution in [0.3, 0.4) is 0 Å². The Morgan fingerprint density at radius 1 is 1.00 bits per heavy atom. The van der Waals surface area contributed by atoms with Gasteiger partial charge in [-0.25, -0.2) is 0 Å². The van der Waals surface area contributed by atoms with E-state index in [4.69, 9.17) is 9.47 Å². The molecule has 22 heavy (non-hydrogen) atoms.